The molecule has 5 aromatic rings. The molecular formula is C31H23N3O5. The summed E-state index contributed by atoms with van der Waals surface area (Å²) in [4.78, 5) is 46.1. The largest absolute Gasteiger partial charge is 0.450 e. The number of anilines is 2. The minimum absolute atomic E-state index is 0.00453. The van der Waals surface area contributed by atoms with Crippen LogP contribution in [0, 0.1) is 20.8 Å². The first-order valence-corrected chi connectivity index (χ1v) is 12.6. The molecule has 0 saturated heterocycles. The van der Waals surface area contributed by atoms with E-state index >= 15 is 0 Å². The van der Waals surface area contributed by atoms with Crippen LogP contribution in [0.4, 0.5) is 11.5 Å². The van der Waals surface area contributed by atoms with Crippen LogP contribution in [0.15, 0.2) is 86.5 Å². The molecule has 0 N–H and O–H groups in total. The van der Waals surface area contributed by atoms with Crippen molar-refractivity contribution >= 4 is 34.3 Å². The van der Waals surface area contributed by atoms with Crippen LogP contribution in [0.5, 0.6) is 0 Å². The number of carbonyl (C=O) groups excluding carboxylic acids is 2. The normalized spacial score (nSPS) is 17.9. The lowest BCUT2D eigenvalue weighted by molar-refractivity contribution is -0.121. The number of benzene rings is 3. The van der Waals surface area contributed by atoms with Gasteiger partial charge in [-0.15, -0.1) is 0 Å². The van der Waals surface area contributed by atoms with Gasteiger partial charge in [-0.05, 0) is 44.5 Å². The minimum atomic E-state index is -1.81. The van der Waals surface area contributed by atoms with Crippen LogP contribution < -0.4 is 15.2 Å². The fourth-order valence-corrected chi connectivity index (χ4v) is 5.81. The number of rotatable bonds is 3. The number of hydrogen-bond acceptors (Lipinski definition) is 6. The van der Waals surface area contributed by atoms with Gasteiger partial charge in [0.1, 0.15) is 11.3 Å². The molecule has 39 heavy (non-hydrogen) atoms. The zero-order valence-electron chi connectivity index (χ0n) is 21.5. The second-order valence-corrected chi connectivity index (χ2v) is 10.2. The van der Waals surface area contributed by atoms with Crippen LogP contribution in [0.3, 0.4) is 0 Å². The monoisotopic (exact) mass is 517 g/mol. The number of fused-ring (bicyclic) bond motifs is 5. The second kappa shape index (κ2) is 8.01. The van der Waals surface area contributed by atoms with Crippen LogP contribution in [0.1, 0.15) is 44.1 Å². The number of hydrogen-bond donors (Lipinski definition) is 0. The molecule has 2 aliphatic rings. The van der Waals surface area contributed by atoms with Gasteiger partial charge in [0.15, 0.2) is 16.8 Å². The minimum Gasteiger partial charge on any atom is -0.450 e. The van der Waals surface area contributed by atoms with E-state index in [1.165, 1.54) is 4.90 Å². The molecule has 0 aliphatic carbocycles. The third-order valence-corrected chi connectivity index (χ3v) is 7.59. The van der Waals surface area contributed by atoms with Gasteiger partial charge in [-0.25, -0.2) is 0 Å². The number of aromatic nitrogens is 1. The van der Waals surface area contributed by atoms with Gasteiger partial charge in [-0.1, -0.05) is 64.8 Å². The maximum absolute atomic E-state index is 14.8. The molecule has 8 nitrogen and oxygen atoms in total. The van der Waals surface area contributed by atoms with Crippen molar-refractivity contribution in [2.75, 3.05) is 9.80 Å². The third-order valence-electron chi connectivity index (χ3n) is 7.59. The van der Waals surface area contributed by atoms with Crippen LogP contribution in [0.2, 0.25) is 0 Å². The highest BCUT2D eigenvalue weighted by molar-refractivity contribution is 6.24. The van der Waals surface area contributed by atoms with E-state index in [2.05, 4.69) is 5.16 Å². The molecule has 0 saturated carbocycles. The summed E-state index contributed by atoms with van der Waals surface area (Å²) in [5, 5.41) is 4.41. The second-order valence-electron chi connectivity index (χ2n) is 10.2. The van der Waals surface area contributed by atoms with Crippen molar-refractivity contribution in [3.05, 3.63) is 122 Å². The molecule has 3 aromatic carbocycles. The fraction of sp³-hybridized carbons (Fsp3) is 0.161. The van der Waals surface area contributed by atoms with Crippen molar-refractivity contribution in [3.8, 4) is 0 Å². The van der Waals surface area contributed by atoms with E-state index in [4.69, 9.17) is 8.94 Å². The Hall–Kier alpha value is -4.98. The van der Waals surface area contributed by atoms with Gasteiger partial charge < -0.3 is 13.8 Å². The van der Waals surface area contributed by atoms with Crippen LogP contribution >= 0.6 is 0 Å². The van der Waals surface area contributed by atoms with E-state index in [-0.39, 0.29) is 29.3 Å². The Kier molecular flexibility index (Phi) is 4.76. The Labute approximate surface area is 223 Å². The molecule has 8 heteroatoms. The van der Waals surface area contributed by atoms with E-state index in [0.717, 1.165) is 16.7 Å². The standard InChI is InChI=1S/C31H23N3O5/c1-17-8-11-20(12-9-17)16-33-23-7-5-4-6-22(23)31(30(33)37)26-27(35)21-14-18(2)10-13-24(21)38-28(26)29(36)34(31)25-15-19(3)39-32-25/h4-15H,16H2,1-3H3. The first-order valence-electron chi connectivity index (χ1n) is 12.6. The molecule has 0 radical (unpaired) electrons. The van der Waals surface area contributed by atoms with Gasteiger partial charge in [-0.3, -0.25) is 19.3 Å². The van der Waals surface area contributed by atoms with E-state index in [1.54, 1.807) is 42.2 Å². The molecule has 4 heterocycles. The Morgan fingerprint density at radius 3 is 2.36 bits per heavy atom. The molecular weight excluding hydrogens is 494 g/mol. The predicted molar refractivity (Wildman–Crippen MR) is 145 cm³/mol. The van der Waals surface area contributed by atoms with Crippen molar-refractivity contribution in [2.24, 2.45) is 0 Å². The summed E-state index contributed by atoms with van der Waals surface area (Å²) in [7, 11) is 0. The molecule has 192 valence electrons. The number of aryl methyl sites for hydroxylation is 3. The highest BCUT2D eigenvalue weighted by atomic mass is 16.5. The van der Waals surface area contributed by atoms with Gasteiger partial charge in [0, 0.05) is 11.6 Å². The van der Waals surface area contributed by atoms with Gasteiger partial charge in [-0.2, -0.15) is 0 Å². The lowest BCUT2D eigenvalue weighted by Gasteiger charge is -2.32. The summed E-state index contributed by atoms with van der Waals surface area (Å²) in [5.74, 6) is -0.644. The SMILES string of the molecule is Cc1ccc(CN2C(=O)C3(c4ccccc42)c2c(oc4ccc(C)cc4c2=O)C(=O)N3c2cc(C)on2)cc1. The molecule has 2 amide bonds. The summed E-state index contributed by atoms with van der Waals surface area (Å²) in [6, 6.07) is 21.9. The van der Waals surface area contributed by atoms with Crippen LogP contribution in [-0.4, -0.2) is 17.0 Å². The predicted octanol–water partition coefficient (Wildman–Crippen LogP) is 5.16. The molecule has 0 fully saturated rings. The first kappa shape index (κ1) is 23.2. The maximum atomic E-state index is 14.8. The summed E-state index contributed by atoms with van der Waals surface area (Å²) < 4.78 is 11.4. The Morgan fingerprint density at radius 2 is 1.62 bits per heavy atom. The zero-order chi connectivity index (χ0) is 27.1. The first-order chi connectivity index (χ1) is 18.8. The summed E-state index contributed by atoms with van der Waals surface area (Å²) in [6.07, 6.45) is 0. The van der Waals surface area contributed by atoms with Crippen molar-refractivity contribution in [2.45, 2.75) is 32.9 Å². The smallest absolute Gasteiger partial charge is 0.297 e. The molecule has 1 atom stereocenters. The van der Waals surface area contributed by atoms with E-state index in [0.29, 0.717) is 22.4 Å². The Morgan fingerprint density at radius 1 is 0.872 bits per heavy atom. The summed E-state index contributed by atoms with van der Waals surface area (Å²) in [5.41, 5.74) is 2.03. The average Bonchev–Trinajstić information content (AvgIpc) is 3.54. The molecule has 2 aromatic heterocycles. The molecule has 1 spiro atoms. The third kappa shape index (κ3) is 3.05. The molecule has 2 aliphatic heterocycles. The topological polar surface area (TPSA) is 96.9 Å². The molecule has 1 unspecified atom stereocenters. The van der Waals surface area contributed by atoms with Crippen molar-refractivity contribution in [3.63, 3.8) is 0 Å². The van der Waals surface area contributed by atoms with Gasteiger partial charge in [0.25, 0.3) is 11.8 Å². The van der Waals surface area contributed by atoms with Crippen molar-refractivity contribution in [1.29, 1.82) is 0 Å². The van der Waals surface area contributed by atoms with Crippen LogP contribution in [0.25, 0.3) is 11.0 Å². The number of nitrogens with zero attached hydrogens (tertiary/aromatic N) is 3. The maximum Gasteiger partial charge on any atom is 0.297 e. The fourth-order valence-electron chi connectivity index (χ4n) is 5.81. The molecule has 0 bridgehead atoms. The highest BCUT2D eigenvalue weighted by Crippen LogP contribution is 2.54. The van der Waals surface area contributed by atoms with E-state index < -0.39 is 22.8 Å². The van der Waals surface area contributed by atoms with Crippen LogP contribution in [-0.2, 0) is 16.9 Å². The Bertz CT molecular complexity index is 1900. The van der Waals surface area contributed by atoms with Crippen molar-refractivity contribution in [1.82, 2.24) is 5.16 Å². The zero-order valence-corrected chi connectivity index (χ0v) is 21.5. The quantitative estimate of drug-likeness (QED) is 0.328. The average molecular weight is 518 g/mol. The van der Waals surface area contributed by atoms with Gasteiger partial charge in [0.2, 0.25) is 5.76 Å². The van der Waals surface area contributed by atoms with Gasteiger partial charge >= 0.3 is 0 Å². The summed E-state index contributed by atoms with van der Waals surface area (Å²) >= 11 is 0. The van der Waals surface area contributed by atoms with E-state index in [9.17, 15) is 14.4 Å². The number of para-hydroxylation sites is 1. The number of amides is 2. The molecule has 7 rings (SSSR count). The van der Waals surface area contributed by atoms with E-state index in [1.807, 2.05) is 56.3 Å². The highest BCUT2D eigenvalue weighted by Gasteiger charge is 2.66. The lowest BCUT2D eigenvalue weighted by Crippen LogP contribution is -2.53. The Balaban J connectivity index is 1.56. The lowest BCUT2D eigenvalue weighted by atomic mass is 9.84. The summed E-state index contributed by atoms with van der Waals surface area (Å²) in [6.45, 7) is 5.83. The number of carbonyl (C=O) groups is 2. The van der Waals surface area contributed by atoms with Gasteiger partial charge in [0.05, 0.1) is 23.2 Å². The van der Waals surface area contributed by atoms with Crippen molar-refractivity contribution < 1.29 is 18.5 Å².